The van der Waals surface area contributed by atoms with Crippen LogP contribution in [0.2, 0.25) is 0 Å². The van der Waals surface area contributed by atoms with Gasteiger partial charge in [0.2, 0.25) is 0 Å². The molecule has 1 aliphatic heterocycles. The van der Waals surface area contributed by atoms with Crippen molar-refractivity contribution in [3.8, 4) is 0 Å². The minimum Gasteiger partial charge on any atom is -0.358 e. The Labute approximate surface area is 148 Å². The summed E-state index contributed by atoms with van der Waals surface area (Å²) >= 11 is 0. The summed E-state index contributed by atoms with van der Waals surface area (Å²) in [6, 6.07) is 0. The van der Waals surface area contributed by atoms with Gasteiger partial charge in [-0.1, -0.05) is 39.0 Å². The van der Waals surface area contributed by atoms with E-state index in [0.29, 0.717) is 0 Å². The van der Waals surface area contributed by atoms with Crippen LogP contribution in [0.4, 0.5) is 5.82 Å². The van der Waals surface area contributed by atoms with Crippen molar-refractivity contribution in [2.75, 3.05) is 18.0 Å². The molecule has 3 aliphatic rings. The fourth-order valence-corrected chi connectivity index (χ4v) is 5.70. The Kier molecular flexibility index (Phi) is 5.20. The minimum atomic E-state index is 0.812. The van der Waals surface area contributed by atoms with Gasteiger partial charge in [-0.15, -0.1) is 0 Å². The molecule has 2 heterocycles. The molecule has 0 unspecified atom stereocenters. The van der Waals surface area contributed by atoms with E-state index in [2.05, 4.69) is 16.8 Å². The molecule has 1 N–H and O–H groups in total. The van der Waals surface area contributed by atoms with E-state index in [1.807, 2.05) is 0 Å². The van der Waals surface area contributed by atoms with Gasteiger partial charge < -0.3 is 9.88 Å². The van der Waals surface area contributed by atoms with Crippen molar-refractivity contribution in [1.82, 2.24) is 4.98 Å². The van der Waals surface area contributed by atoms with E-state index < -0.39 is 0 Å². The number of rotatable bonds is 4. The Balaban J connectivity index is 1.73. The van der Waals surface area contributed by atoms with E-state index in [0.717, 1.165) is 11.8 Å². The topological polar surface area (TPSA) is 19.0 Å². The molecule has 1 aromatic heterocycles. The lowest BCUT2D eigenvalue weighted by Crippen LogP contribution is -2.30. The summed E-state index contributed by atoms with van der Waals surface area (Å²) in [6.45, 7) is 4.94. The maximum Gasteiger partial charge on any atom is 0.109 e. The number of aromatic nitrogens is 1. The fourth-order valence-electron chi connectivity index (χ4n) is 5.70. The molecule has 0 bridgehead atoms. The fraction of sp³-hybridized carbons (Fsp3) is 0.818. The van der Waals surface area contributed by atoms with Gasteiger partial charge in [0.25, 0.3) is 0 Å². The molecule has 1 saturated heterocycles. The number of piperidine rings is 1. The van der Waals surface area contributed by atoms with Gasteiger partial charge in [0.1, 0.15) is 5.82 Å². The van der Waals surface area contributed by atoms with Gasteiger partial charge in [0.15, 0.2) is 0 Å². The molecule has 2 heteroatoms. The summed E-state index contributed by atoms with van der Waals surface area (Å²) in [5.41, 5.74) is 5.14. The molecule has 0 radical (unpaired) electrons. The largest absolute Gasteiger partial charge is 0.358 e. The summed E-state index contributed by atoms with van der Waals surface area (Å²) < 4.78 is 0. The zero-order chi connectivity index (χ0) is 16.4. The SMILES string of the molecule is CCc1c(C2CCCCC2)[nH]c(N2CCCCC2)c1C1CCCC1. The Morgan fingerprint density at radius 3 is 2.04 bits per heavy atom. The lowest BCUT2D eigenvalue weighted by Gasteiger charge is -2.30. The zero-order valence-electron chi connectivity index (χ0n) is 15.7. The summed E-state index contributed by atoms with van der Waals surface area (Å²) in [7, 11) is 0. The Bertz CT molecular complexity index is 526. The number of H-pyrrole nitrogens is 1. The van der Waals surface area contributed by atoms with Gasteiger partial charge in [0, 0.05) is 24.3 Å². The maximum atomic E-state index is 4.04. The first kappa shape index (κ1) is 16.5. The molecule has 4 rings (SSSR count). The smallest absolute Gasteiger partial charge is 0.109 e. The standard InChI is InChI=1S/C22H36N2/c1-2-19-20(17-11-7-8-12-17)22(24-15-9-4-10-16-24)23-21(19)18-13-5-3-6-14-18/h17-18,23H,2-16H2,1H3. The zero-order valence-corrected chi connectivity index (χ0v) is 15.7. The molecule has 0 spiro atoms. The second kappa shape index (κ2) is 7.54. The van der Waals surface area contributed by atoms with Gasteiger partial charge in [0.05, 0.1) is 0 Å². The molecule has 24 heavy (non-hydrogen) atoms. The predicted molar refractivity (Wildman–Crippen MR) is 103 cm³/mol. The van der Waals surface area contributed by atoms with E-state index in [-0.39, 0.29) is 0 Å². The van der Waals surface area contributed by atoms with Crippen molar-refractivity contribution in [2.45, 2.75) is 102 Å². The molecule has 2 aliphatic carbocycles. The maximum absolute atomic E-state index is 4.04. The number of hydrogen-bond acceptors (Lipinski definition) is 1. The van der Waals surface area contributed by atoms with Crippen molar-refractivity contribution in [3.63, 3.8) is 0 Å². The van der Waals surface area contributed by atoms with Crippen LogP contribution in [-0.2, 0) is 6.42 Å². The van der Waals surface area contributed by atoms with E-state index in [4.69, 9.17) is 0 Å². The van der Waals surface area contributed by atoms with Gasteiger partial charge in [-0.3, -0.25) is 0 Å². The van der Waals surface area contributed by atoms with Crippen molar-refractivity contribution in [1.29, 1.82) is 0 Å². The van der Waals surface area contributed by atoms with Crippen molar-refractivity contribution in [2.24, 2.45) is 0 Å². The third-order valence-electron chi connectivity index (χ3n) is 6.96. The van der Waals surface area contributed by atoms with Crippen LogP contribution in [-0.4, -0.2) is 18.1 Å². The monoisotopic (exact) mass is 328 g/mol. The summed E-state index contributed by atoms with van der Waals surface area (Å²) in [5, 5.41) is 0. The van der Waals surface area contributed by atoms with Gasteiger partial charge >= 0.3 is 0 Å². The normalized spacial score (nSPS) is 24.0. The van der Waals surface area contributed by atoms with E-state index in [1.54, 1.807) is 22.6 Å². The molecule has 0 aromatic carbocycles. The van der Waals surface area contributed by atoms with Gasteiger partial charge in [-0.2, -0.15) is 0 Å². The second-order valence-electron chi connectivity index (χ2n) is 8.50. The highest BCUT2D eigenvalue weighted by Gasteiger charge is 2.31. The molecule has 0 amide bonds. The number of anilines is 1. The third-order valence-corrected chi connectivity index (χ3v) is 6.96. The number of aromatic amines is 1. The molecule has 2 nitrogen and oxygen atoms in total. The Morgan fingerprint density at radius 1 is 0.792 bits per heavy atom. The second-order valence-corrected chi connectivity index (χ2v) is 8.50. The molecule has 3 fully saturated rings. The average Bonchev–Trinajstić information content (AvgIpc) is 3.30. The van der Waals surface area contributed by atoms with Crippen LogP contribution >= 0.6 is 0 Å². The highest BCUT2D eigenvalue weighted by atomic mass is 15.2. The molecule has 1 aromatic rings. The number of nitrogens with one attached hydrogen (secondary N) is 1. The molecular weight excluding hydrogens is 292 g/mol. The summed E-state index contributed by atoms with van der Waals surface area (Å²) in [4.78, 5) is 6.75. The van der Waals surface area contributed by atoms with Crippen LogP contribution in [0.5, 0.6) is 0 Å². The molecular formula is C22H36N2. The summed E-state index contributed by atoms with van der Waals surface area (Å²) in [6.07, 6.45) is 18.3. The molecule has 2 saturated carbocycles. The van der Waals surface area contributed by atoms with Crippen molar-refractivity contribution in [3.05, 3.63) is 16.8 Å². The van der Waals surface area contributed by atoms with E-state index in [9.17, 15) is 0 Å². The third kappa shape index (κ3) is 3.13. The molecule has 134 valence electrons. The van der Waals surface area contributed by atoms with E-state index in [1.165, 1.54) is 96.6 Å². The Morgan fingerprint density at radius 2 is 1.38 bits per heavy atom. The highest BCUT2D eigenvalue weighted by molar-refractivity contribution is 5.58. The van der Waals surface area contributed by atoms with Crippen molar-refractivity contribution < 1.29 is 0 Å². The average molecular weight is 329 g/mol. The van der Waals surface area contributed by atoms with Gasteiger partial charge in [-0.25, -0.2) is 0 Å². The van der Waals surface area contributed by atoms with Crippen LogP contribution in [0.25, 0.3) is 0 Å². The predicted octanol–water partition coefficient (Wildman–Crippen LogP) is 6.27. The van der Waals surface area contributed by atoms with Crippen molar-refractivity contribution >= 4 is 5.82 Å². The van der Waals surface area contributed by atoms with Crippen LogP contribution in [0, 0.1) is 0 Å². The van der Waals surface area contributed by atoms with Gasteiger partial charge in [-0.05, 0) is 68.8 Å². The first-order valence-corrected chi connectivity index (χ1v) is 10.9. The molecule has 0 atom stereocenters. The highest BCUT2D eigenvalue weighted by Crippen LogP contribution is 2.46. The number of hydrogen-bond donors (Lipinski definition) is 1. The quantitative estimate of drug-likeness (QED) is 0.690. The van der Waals surface area contributed by atoms with E-state index >= 15 is 0 Å². The lowest BCUT2D eigenvalue weighted by atomic mass is 9.83. The lowest BCUT2D eigenvalue weighted by molar-refractivity contribution is 0.435. The first-order chi connectivity index (χ1) is 11.9. The first-order valence-electron chi connectivity index (χ1n) is 10.9. The summed E-state index contributed by atoms with van der Waals surface area (Å²) in [5.74, 6) is 3.21. The van der Waals surface area contributed by atoms with Crippen LogP contribution < -0.4 is 4.90 Å². The van der Waals surface area contributed by atoms with Crippen LogP contribution in [0.3, 0.4) is 0 Å². The number of nitrogens with zero attached hydrogens (tertiary/aromatic N) is 1. The van der Waals surface area contributed by atoms with Crippen LogP contribution in [0.15, 0.2) is 0 Å². The van der Waals surface area contributed by atoms with Crippen LogP contribution in [0.1, 0.15) is 113 Å². The minimum absolute atomic E-state index is 0.812. The Hall–Kier alpha value is -0.920.